The zero-order valence-electron chi connectivity index (χ0n) is 12.0. The minimum absolute atomic E-state index is 0.223. The molecule has 1 unspecified atom stereocenters. The maximum absolute atomic E-state index is 11.7. The van der Waals surface area contributed by atoms with Crippen LogP contribution in [-0.2, 0) is 4.79 Å². The Morgan fingerprint density at radius 2 is 2.16 bits per heavy atom. The lowest BCUT2D eigenvalue weighted by atomic mass is 9.98. The summed E-state index contributed by atoms with van der Waals surface area (Å²) in [6, 6.07) is -0.393. The molecule has 6 heteroatoms. The highest BCUT2D eigenvalue weighted by Crippen LogP contribution is 2.14. The van der Waals surface area contributed by atoms with Crippen molar-refractivity contribution < 1.29 is 9.59 Å². The predicted octanol–water partition coefficient (Wildman–Crippen LogP) is 0.154. The van der Waals surface area contributed by atoms with Crippen molar-refractivity contribution in [3.63, 3.8) is 0 Å². The number of nitrogens with one attached hydrogen (secondary N) is 3. The Bertz CT molecular complexity index is 294. The maximum Gasteiger partial charge on any atom is 0.321 e. The number of likely N-dealkylation sites (tertiary alicyclic amines) is 1. The molecule has 3 N–H and O–H groups in total. The number of hydrogen-bond donors (Lipinski definition) is 3. The summed E-state index contributed by atoms with van der Waals surface area (Å²) in [4.78, 5) is 25.2. The molecule has 0 saturated carbocycles. The third-order valence-corrected chi connectivity index (χ3v) is 3.25. The minimum Gasteiger partial charge on any atom is -0.338 e. The van der Waals surface area contributed by atoms with E-state index in [4.69, 9.17) is 0 Å². The van der Waals surface area contributed by atoms with E-state index in [9.17, 15) is 9.59 Å². The summed E-state index contributed by atoms with van der Waals surface area (Å²) in [5, 5.41) is 8.17. The number of imide groups is 1. The van der Waals surface area contributed by atoms with Crippen molar-refractivity contribution in [3.8, 4) is 0 Å². The van der Waals surface area contributed by atoms with Crippen LogP contribution < -0.4 is 16.0 Å². The Morgan fingerprint density at radius 3 is 2.84 bits per heavy atom. The van der Waals surface area contributed by atoms with Gasteiger partial charge in [-0.25, -0.2) is 4.79 Å². The second kappa shape index (κ2) is 8.87. The third-order valence-electron chi connectivity index (χ3n) is 3.25. The van der Waals surface area contributed by atoms with Crippen molar-refractivity contribution >= 4 is 11.9 Å². The number of urea groups is 1. The molecule has 1 aliphatic heterocycles. The molecule has 0 aromatic rings. The van der Waals surface area contributed by atoms with E-state index in [0.717, 1.165) is 32.5 Å². The number of rotatable bonds is 6. The molecular weight excluding hydrogens is 244 g/mol. The fourth-order valence-electron chi connectivity index (χ4n) is 2.40. The van der Waals surface area contributed by atoms with Crippen molar-refractivity contribution in [1.82, 2.24) is 20.9 Å². The Balaban J connectivity index is 2.25. The first-order valence-corrected chi connectivity index (χ1v) is 7.10. The highest BCUT2D eigenvalue weighted by molar-refractivity contribution is 5.95. The topological polar surface area (TPSA) is 73.5 Å². The van der Waals surface area contributed by atoms with Crippen molar-refractivity contribution in [2.24, 2.45) is 5.92 Å². The van der Waals surface area contributed by atoms with Crippen molar-refractivity contribution in [2.45, 2.75) is 26.2 Å². The Hall–Kier alpha value is -1.14. The molecule has 0 radical (unpaired) electrons. The second-order valence-corrected chi connectivity index (χ2v) is 5.11. The van der Waals surface area contributed by atoms with Gasteiger partial charge in [-0.15, -0.1) is 0 Å². The zero-order valence-corrected chi connectivity index (χ0v) is 12.0. The number of nitrogens with zero attached hydrogens (tertiary/aromatic N) is 1. The highest BCUT2D eigenvalue weighted by atomic mass is 16.2. The smallest absolute Gasteiger partial charge is 0.321 e. The third kappa shape index (κ3) is 6.54. The van der Waals surface area contributed by atoms with Gasteiger partial charge in [-0.3, -0.25) is 15.0 Å². The van der Waals surface area contributed by atoms with Crippen molar-refractivity contribution in [2.75, 3.05) is 39.8 Å². The fourth-order valence-corrected chi connectivity index (χ4v) is 2.40. The molecule has 1 saturated heterocycles. The van der Waals surface area contributed by atoms with Gasteiger partial charge in [0, 0.05) is 13.1 Å². The average molecular weight is 270 g/mol. The van der Waals surface area contributed by atoms with Gasteiger partial charge in [-0.1, -0.05) is 6.92 Å². The summed E-state index contributed by atoms with van der Waals surface area (Å²) in [5.41, 5.74) is 0. The summed E-state index contributed by atoms with van der Waals surface area (Å²) in [7, 11) is 1.95. The van der Waals surface area contributed by atoms with Gasteiger partial charge in [0.1, 0.15) is 0 Å². The van der Waals surface area contributed by atoms with Crippen LogP contribution in [0.1, 0.15) is 26.2 Å². The standard InChI is InChI=1S/C13H26N4O2/c1-3-6-15-13(19)16-12(18)10-17-7-4-5-11(9-17)8-14-2/h11,14H,3-10H2,1-2H3,(H2,15,16,18,19). The first kappa shape index (κ1) is 15.9. The summed E-state index contributed by atoms with van der Waals surface area (Å²) in [6.45, 7) is 5.70. The minimum atomic E-state index is -0.393. The van der Waals surface area contributed by atoms with E-state index in [1.54, 1.807) is 0 Å². The van der Waals surface area contributed by atoms with Gasteiger partial charge in [0.25, 0.3) is 0 Å². The monoisotopic (exact) mass is 270 g/mol. The average Bonchev–Trinajstić information content (AvgIpc) is 2.37. The molecule has 1 heterocycles. The van der Waals surface area contributed by atoms with Gasteiger partial charge in [0.2, 0.25) is 5.91 Å². The molecular formula is C13H26N4O2. The Morgan fingerprint density at radius 1 is 1.37 bits per heavy atom. The quantitative estimate of drug-likeness (QED) is 0.642. The molecule has 0 aliphatic carbocycles. The van der Waals surface area contributed by atoms with Gasteiger partial charge in [0.05, 0.1) is 6.54 Å². The van der Waals surface area contributed by atoms with Crippen molar-refractivity contribution in [1.29, 1.82) is 0 Å². The molecule has 1 fully saturated rings. The number of amides is 3. The molecule has 0 bridgehead atoms. The summed E-state index contributed by atoms with van der Waals surface area (Å²) >= 11 is 0. The van der Waals surface area contributed by atoms with E-state index in [2.05, 4.69) is 20.9 Å². The predicted molar refractivity (Wildman–Crippen MR) is 74.9 cm³/mol. The molecule has 3 amide bonds. The lowest BCUT2D eigenvalue weighted by molar-refractivity contribution is -0.121. The highest BCUT2D eigenvalue weighted by Gasteiger charge is 2.21. The van der Waals surface area contributed by atoms with Gasteiger partial charge in [-0.2, -0.15) is 0 Å². The summed E-state index contributed by atoms with van der Waals surface area (Å²) in [5.74, 6) is 0.374. The molecule has 1 rings (SSSR count). The Labute approximate surface area is 115 Å². The van der Waals surface area contributed by atoms with E-state index in [1.165, 1.54) is 6.42 Å². The van der Waals surface area contributed by atoms with Gasteiger partial charge in [0.15, 0.2) is 0 Å². The molecule has 0 aromatic carbocycles. The first-order chi connectivity index (χ1) is 9.15. The van der Waals surface area contributed by atoms with Crippen LogP contribution in [0.15, 0.2) is 0 Å². The van der Waals surface area contributed by atoms with Crippen LogP contribution in [0, 0.1) is 5.92 Å². The SMILES string of the molecule is CCCNC(=O)NC(=O)CN1CCCC(CNC)C1. The van der Waals surface area contributed by atoms with E-state index in [0.29, 0.717) is 19.0 Å². The first-order valence-electron chi connectivity index (χ1n) is 7.10. The van der Waals surface area contributed by atoms with E-state index >= 15 is 0 Å². The second-order valence-electron chi connectivity index (χ2n) is 5.11. The number of carbonyl (C=O) groups excluding carboxylic acids is 2. The van der Waals surface area contributed by atoms with E-state index in [-0.39, 0.29) is 5.91 Å². The van der Waals surface area contributed by atoms with Crippen LogP contribution in [0.25, 0.3) is 0 Å². The molecule has 0 spiro atoms. The number of piperidine rings is 1. The zero-order chi connectivity index (χ0) is 14.1. The van der Waals surface area contributed by atoms with Crippen molar-refractivity contribution in [3.05, 3.63) is 0 Å². The summed E-state index contributed by atoms with van der Waals surface area (Å²) < 4.78 is 0. The van der Waals surface area contributed by atoms with Crippen LogP contribution in [0.4, 0.5) is 4.79 Å². The maximum atomic E-state index is 11.7. The van der Waals surface area contributed by atoms with Crippen LogP contribution in [0.5, 0.6) is 0 Å². The molecule has 19 heavy (non-hydrogen) atoms. The largest absolute Gasteiger partial charge is 0.338 e. The summed E-state index contributed by atoms with van der Waals surface area (Å²) in [6.07, 6.45) is 3.18. The Kier molecular flexibility index (Phi) is 7.43. The molecule has 1 atom stereocenters. The van der Waals surface area contributed by atoms with Crippen LogP contribution in [0.3, 0.4) is 0 Å². The van der Waals surface area contributed by atoms with Gasteiger partial charge < -0.3 is 10.6 Å². The van der Waals surface area contributed by atoms with Crippen LogP contribution in [0.2, 0.25) is 0 Å². The van der Waals surface area contributed by atoms with Gasteiger partial charge in [-0.05, 0) is 45.3 Å². The number of hydrogen-bond acceptors (Lipinski definition) is 4. The number of carbonyl (C=O) groups is 2. The molecule has 6 nitrogen and oxygen atoms in total. The van der Waals surface area contributed by atoms with Gasteiger partial charge >= 0.3 is 6.03 Å². The lowest BCUT2D eigenvalue weighted by Crippen LogP contribution is -2.47. The van der Waals surface area contributed by atoms with Crippen LogP contribution >= 0.6 is 0 Å². The van der Waals surface area contributed by atoms with Crippen LogP contribution in [-0.4, -0.2) is 56.6 Å². The normalized spacial score (nSPS) is 20.0. The molecule has 110 valence electrons. The molecule has 0 aromatic heterocycles. The lowest BCUT2D eigenvalue weighted by Gasteiger charge is -2.31. The van der Waals surface area contributed by atoms with E-state index in [1.807, 2.05) is 14.0 Å². The molecule has 1 aliphatic rings. The fraction of sp³-hybridized carbons (Fsp3) is 0.846. The van der Waals surface area contributed by atoms with E-state index < -0.39 is 6.03 Å².